The second-order valence-electron chi connectivity index (χ2n) is 6.03. The molecule has 0 saturated carbocycles. The number of hydrogen-bond acceptors (Lipinski definition) is 6. The molecule has 1 aromatic carbocycles. The van der Waals surface area contributed by atoms with Crippen molar-refractivity contribution in [3.8, 4) is 6.07 Å². The Balaban J connectivity index is 0.000000397. The third-order valence-electron chi connectivity index (χ3n) is 3.88. The molecule has 0 aliphatic rings. The number of nitriles is 1. The van der Waals surface area contributed by atoms with Crippen molar-refractivity contribution >= 4 is 11.5 Å². The summed E-state index contributed by atoms with van der Waals surface area (Å²) >= 11 is 0. The molecule has 3 rings (SSSR count). The number of benzene rings is 1. The summed E-state index contributed by atoms with van der Waals surface area (Å²) in [5, 5.41) is 15.3. The molecule has 4 N–H and O–H groups in total. The minimum Gasteiger partial charge on any atom is -0.382 e. The van der Waals surface area contributed by atoms with E-state index in [1.807, 2.05) is 60.7 Å². The molecule has 0 aliphatic carbocycles. The van der Waals surface area contributed by atoms with Gasteiger partial charge < -0.3 is 16.4 Å². The van der Waals surface area contributed by atoms with E-state index >= 15 is 0 Å². The normalized spacial score (nSPS) is 9.68. The average Bonchev–Trinajstić information content (AvgIpc) is 2.76. The molecule has 144 valence electrons. The van der Waals surface area contributed by atoms with E-state index in [1.165, 1.54) is 0 Å². The van der Waals surface area contributed by atoms with Gasteiger partial charge in [-0.25, -0.2) is 9.97 Å². The number of rotatable bonds is 8. The smallest absolute Gasteiger partial charge is 0.146 e. The van der Waals surface area contributed by atoms with Gasteiger partial charge in [0.15, 0.2) is 0 Å². The monoisotopic (exact) mass is 374 g/mol. The average molecular weight is 374 g/mol. The zero-order chi connectivity index (χ0) is 19.9. The van der Waals surface area contributed by atoms with Gasteiger partial charge in [-0.3, -0.25) is 0 Å². The van der Waals surface area contributed by atoms with Crippen molar-refractivity contribution in [3.63, 3.8) is 0 Å². The number of nitrogen functional groups attached to an aromatic ring is 1. The Morgan fingerprint density at radius 2 is 1.64 bits per heavy atom. The maximum absolute atomic E-state index is 8.68. The molecule has 28 heavy (non-hydrogen) atoms. The number of aromatic nitrogens is 2. The molecule has 0 aliphatic heterocycles. The molecule has 6 heteroatoms. The molecule has 0 bridgehead atoms. The van der Waals surface area contributed by atoms with E-state index in [1.54, 1.807) is 18.5 Å². The number of pyridine rings is 2. The molecule has 0 atom stereocenters. The zero-order valence-corrected chi connectivity index (χ0v) is 15.9. The van der Waals surface area contributed by atoms with Crippen molar-refractivity contribution in [3.05, 3.63) is 84.3 Å². The molecule has 0 amide bonds. The van der Waals surface area contributed by atoms with E-state index in [4.69, 9.17) is 11.0 Å². The largest absolute Gasteiger partial charge is 0.382 e. The topological polar surface area (TPSA) is 99.7 Å². The highest BCUT2D eigenvalue weighted by atomic mass is 15.0. The van der Waals surface area contributed by atoms with E-state index in [0.29, 0.717) is 11.5 Å². The maximum atomic E-state index is 8.68. The van der Waals surface area contributed by atoms with Crippen LogP contribution in [0.5, 0.6) is 0 Å². The molecule has 6 nitrogen and oxygen atoms in total. The van der Waals surface area contributed by atoms with Gasteiger partial charge in [0.1, 0.15) is 17.6 Å². The molecule has 0 unspecified atom stereocenters. The van der Waals surface area contributed by atoms with E-state index in [-0.39, 0.29) is 0 Å². The maximum Gasteiger partial charge on any atom is 0.146 e. The van der Waals surface area contributed by atoms with E-state index < -0.39 is 0 Å². The van der Waals surface area contributed by atoms with Crippen molar-refractivity contribution in [1.82, 2.24) is 15.3 Å². The quantitative estimate of drug-likeness (QED) is 0.523. The van der Waals surface area contributed by atoms with Crippen LogP contribution in [0.1, 0.15) is 17.7 Å². The predicted octanol–water partition coefficient (Wildman–Crippen LogP) is 3.25. The Morgan fingerprint density at radius 3 is 2.25 bits per heavy atom. The van der Waals surface area contributed by atoms with Crippen molar-refractivity contribution in [2.45, 2.75) is 12.8 Å². The van der Waals surface area contributed by atoms with Crippen LogP contribution in [0.4, 0.5) is 11.5 Å². The SMILES string of the molecule is N#Cc1ccc(CCNCCCNc2cccnc2N)cn1.c1ccccc1. The van der Waals surface area contributed by atoms with Gasteiger partial charge in [-0.1, -0.05) is 42.5 Å². The summed E-state index contributed by atoms with van der Waals surface area (Å²) in [5.41, 5.74) is 8.22. The fourth-order valence-electron chi connectivity index (χ4n) is 2.38. The van der Waals surface area contributed by atoms with Gasteiger partial charge >= 0.3 is 0 Å². The van der Waals surface area contributed by atoms with Crippen LogP contribution in [0.15, 0.2) is 73.1 Å². The van der Waals surface area contributed by atoms with Crippen LogP contribution in [0.3, 0.4) is 0 Å². The Labute approximate surface area is 166 Å². The Morgan fingerprint density at radius 1 is 0.893 bits per heavy atom. The minimum absolute atomic E-state index is 0.456. The van der Waals surface area contributed by atoms with Gasteiger partial charge in [-0.15, -0.1) is 0 Å². The number of nitrogens with zero attached hydrogens (tertiary/aromatic N) is 3. The fraction of sp³-hybridized carbons (Fsp3) is 0.227. The van der Waals surface area contributed by atoms with Crippen LogP contribution >= 0.6 is 0 Å². The van der Waals surface area contributed by atoms with E-state index in [9.17, 15) is 0 Å². The van der Waals surface area contributed by atoms with Crippen molar-refractivity contribution in [2.24, 2.45) is 0 Å². The number of anilines is 2. The summed E-state index contributed by atoms with van der Waals surface area (Å²) in [7, 11) is 0. The molecule has 3 aromatic rings. The van der Waals surface area contributed by atoms with Crippen LogP contribution in [-0.4, -0.2) is 29.6 Å². The predicted molar refractivity (Wildman–Crippen MR) is 114 cm³/mol. The van der Waals surface area contributed by atoms with Crippen molar-refractivity contribution in [2.75, 3.05) is 30.7 Å². The zero-order valence-electron chi connectivity index (χ0n) is 15.9. The van der Waals surface area contributed by atoms with Crippen molar-refractivity contribution < 1.29 is 0 Å². The Bertz CT molecular complexity index is 801. The summed E-state index contributed by atoms with van der Waals surface area (Å²) in [6.45, 7) is 2.67. The first-order chi connectivity index (χ1) is 13.8. The summed E-state index contributed by atoms with van der Waals surface area (Å²) in [4.78, 5) is 8.08. The fourth-order valence-corrected chi connectivity index (χ4v) is 2.38. The highest BCUT2D eigenvalue weighted by Crippen LogP contribution is 2.12. The van der Waals surface area contributed by atoms with Crippen LogP contribution in [0, 0.1) is 11.3 Å². The lowest BCUT2D eigenvalue weighted by atomic mass is 10.2. The lowest BCUT2D eigenvalue weighted by Gasteiger charge is -2.08. The second-order valence-corrected chi connectivity index (χ2v) is 6.03. The first-order valence-corrected chi connectivity index (χ1v) is 9.29. The van der Waals surface area contributed by atoms with Gasteiger partial charge in [-0.2, -0.15) is 5.26 Å². The molecule has 2 aromatic heterocycles. The Hall–Kier alpha value is -3.43. The molecule has 2 heterocycles. The molecule has 0 radical (unpaired) electrons. The first-order valence-electron chi connectivity index (χ1n) is 9.29. The molecular formula is C22H26N6. The first kappa shape index (κ1) is 20.9. The van der Waals surface area contributed by atoms with Gasteiger partial charge in [0, 0.05) is 18.9 Å². The second kappa shape index (κ2) is 12.8. The van der Waals surface area contributed by atoms with Gasteiger partial charge in [-0.05, 0) is 49.7 Å². The lowest BCUT2D eigenvalue weighted by Crippen LogP contribution is -2.21. The van der Waals surface area contributed by atoms with Crippen LogP contribution in [0.2, 0.25) is 0 Å². The summed E-state index contributed by atoms with van der Waals surface area (Å²) in [5.74, 6) is 0.531. The van der Waals surface area contributed by atoms with Gasteiger partial charge in [0.2, 0.25) is 0 Å². The summed E-state index contributed by atoms with van der Waals surface area (Å²) < 4.78 is 0. The third kappa shape index (κ3) is 8.30. The highest BCUT2D eigenvalue weighted by Gasteiger charge is 1.98. The molecule has 0 fully saturated rings. The molecule has 0 saturated heterocycles. The van der Waals surface area contributed by atoms with Crippen LogP contribution in [0.25, 0.3) is 0 Å². The third-order valence-corrected chi connectivity index (χ3v) is 3.88. The molecule has 0 spiro atoms. The van der Waals surface area contributed by atoms with Crippen LogP contribution in [-0.2, 0) is 6.42 Å². The van der Waals surface area contributed by atoms with Crippen LogP contribution < -0.4 is 16.4 Å². The highest BCUT2D eigenvalue weighted by molar-refractivity contribution is 5.60. The Kier molecular flexibility index (Phi) is 9.58. The number of nitrogens with one attached hydrogen (secondary N) is 2. The number of nitrogens with two attached hydrogens (primary N) is 1. The number of hydrogen-bond donors (Lipinski definition) is 3. The standard InChI is InChI=1S/C16H20N6.C6H6/c17-11-14-5-4-13(12-22-14)6-10-19-7-2-9-20-15-3-1-8-21-16(15)18;1-2-4-6-5-3-1/h1,3-5,8,12,19-20H,2,6-7,9-10H2,(H2,18,21);1-6H. The lowest BCUT2D eigenvalue weighted by molar-refractivity contribution is 0.659. The van der Waals surface area contributed by atoms with Crippen molar-refractivity contribution in [1.29, 1.82) is 5.26 Å². The molecular weight excluding hydrogens is 348 g/mol. The van der Waals surface area contributed by atoms with E-state index in [2.05, 4.69) is 20.6 Å². The minimum atomic E-state index is 0.456. The summed E-state index contributed by atoms with van der Waals surface area (Å²) in [6.07, 6.45) is 5.34. The van der Waals surface area contributed by atoms with E-state index in [0.717, 1.165) is 43.7 Å². The van der Waals surface area contributed by atoms with Gasteiger partial charge in [0.25, 0.3) is 0 Å². The van der Waals surface area contributed by atoms with Gasteiger partial charge in [0.05, 0.1) is 5.69 Å². The summed E-state index contributed by atoms with van der Waals surface area (Å²) in [6, 6.07) is 21.5.